The van der Waals surface area contributed by atoms with Crippen molar-refractivity contribution >= 4 is 5.69 Å². The van der Waals surface area contributed by atoms with Gasteiger partial charge in [0.15, 0.2) is 0 Å². The van der Waals surface area contributed by atoms with Gasteiger partial charge in [-0.05, 0) is 44.2 Å². The number of benzene rings is 1. The normalized spacial score (nSPS) is 27.2. The van der Waals surface area contributed by atoms with Gasteiger partial charge in [0.25, 0.3) is 0 Å². The van der Waals surface area contributed by atoms with Gasteiger partial charge < -0.3 is 15.4 Å². The molecule has 3 rings (SSSR count). The molecular formula is C17H26N2O. The summed E-state index contributed by atoms with van der Waals surface area (Å²) in [5.41, 5.74) is 8.69. The summed E-state index contributed by atoms with van der Waals surface area (Å²) in [7, 11) is 1.73. The predicted molar refractivity (Wildman–Crippen MR) is 83.3 cm³/mol. The molecule has 0 radical (unpaired) electrons. The largest absolute Gasteiger partial charge is 0.496 e. The van der Waals surface area contributed by atoms with Crippen molar-refractivity contribution in [1.29, 1.82) is 0 Å². The molecule has 1 saturated carbocycles. The third-order valence-electron chi connectivity index (χ3n) is 5.04. The Bertz CT molecular complexity index is 472. The molecule has 1 saturated heterocycles. The Labute approximate surface area is 122 Å². The van der Waals surface area contributed by atoms with Crippen LogP contribution in [0, 0.1) is 5.92 Å². The number of hydrogen-bond acceptors (Lipinski definition) is 3. The molecule has 0 aromatic heterocycles. The average Bonchev–Trinajstić information content (AvgIpc) is 2.90. The highest BCUT2D eigenvalue weighted by atomic mass is 16.5. The summed E-state index contributed by atoms with van der Waals surface area (Å²) >= 11 is 0. The Morgan fingerprint density at radius 3 is 2.80 bits per heavy atom. The Balaban J connectivity index is 1.97. The highest BCUT2D eigenvalue weighted by Crippen LogP contribution is 2.42. The van der Waals surface area contributed by atoms with E-state index in [-0.39, 0.29) is 6.04 Å². The van der Waals surface area contributed by atoms with Crippen LogP contribution in [-0.2, 0) is 0 Å². The average molecular weight is 274 g/mol. The van der Waals surface area contributed by atoms with E-state index < -0.39 is 0 Å². The van der Waals surface area contributed by atoms with E-state index in [1.165, 1.54) is 49.9 Å². The van der Waals surface area contributed by atoms with Gasteiger partial charge in [0.2, 0.25) is 0 Å². The van der Waals surface area contributed by atoms with Crippen LogP contribution in [0.5, 0.6) is 5.75 Å². The topological polar surface area (TPSA) is 38.5 Å². The summed E-state index contributed by atoms with van der Waals surface area (Å²) in [4.78, 5) is 2.60. The summed E-state index contributed by atoms with van der Waals surface area (Å²) in [6.07, 6.45) is 6.85. The maximum absolute atomic E-state index is 6.22. The second kappa shape index (κ2) is 5.65. The summed E-state index contributed by atoms with van der Waals surface area (Å²) < 4.78 is 5.54. The molecule has 3 heteroatoms. The molecule has 0 spiro atoms. The van der Waals surface area contributed by atoms with Crippen LogP contribution in [0.25, 0.3) is 0 Å². The fraction of sp³-hybridized carbons (Fsp3) is 0.647. The van der Waals surface area contributed by atoms with Gasteiger partial charge in [-0.2, -0.15) is 0 Å². The summed E-state index contributed by atoms with van der Waals surface area (Å²) in [6.45, 7) is 3.22. The lowest BCUT2D eigenvalue weighted by atomic mass is 9.85. The number of methoxy groups -OCH3 is 1. The molecule has 20 heavy (non-hydrogen) atoms. The maximum Gasteiger partial charge on any atom is 0.125 e. The van der Waals surface area contributed by atoms with Crippen LogP contribution in [-0.4, -0.2) is 19.7 Å². The first kappa shape index (κ1) is 13.7. The van der Waals surface area contributed by atoms with Gasteiger partial charge in [-0.15, -0.1) is 0 Å². The SMILES string of the molecule is COc1cccc(N2CCC3CCCCC32)c1[C@@H](C)N. The Morgan fingerprint density at radius 2 is 2.05 bits per heavy atom. The Hall–Kier alpha value is -1.22. The molecule has 3 atom stereocenters. The fourth-order valence-electron chi connectivity index (χ4n) is 4.12. The zero-order valence-corrected chi connectivity index (χ0v) is 12.6. The van der Waals surface area contributed by atoms with Gasteiger partial charge in [0.05, 0.1) is 7.11 Å². The molecule has 2 unspecified atom stereocenters. The Morgan fingerprint density at radius 1 is 1.25 bits per heavy atom. The smallest absolute Gasteiger partial charge is 0.125 e. The van der Waals surface area contributed by atoms with Crippen LogP contribution in [0.3, 0.4) is 0 Å². The van der Waals surface area contributed by atoms with Crippen LogP contribution in [0.15, 0.2) is 18.2 Å². The third-order valence-corrected chi connectivity index (χ3v) is 5.04. The van der Waals surface area contributed by atoms with Crippen molar-refractivity contribution in [2.24, 2.45) is 11.7 Å². The van der Waals surface area contributed by atoms with Gasteiger partial charge in [-0.25, -0.2) is 0 Å². The van der Waals surface area contributed by atoms with E-state index in [0.29, 0.717) is 6.04 Å². The molecule has 1 aromatic rings. The van der Waals surface area contributed by atoms with E-state index in [4.69, 9.17) is 10.5 Å². The minimum atomic E-state index is 0.00351. The fourth-order valence-corrected chi connectivity index (χ4v) is 4.12. The van der Waals surface area contributed by atoms with Crippen molar-refractivity contribution in [2.75, 3.05) is 18.6 Å². The number of nitrogens with zero attached hydrogens (tertiary/aromatic N) is 1. The molecule has 0 amide bonds. The lowest BCUT2D eigenvalue weighted by molar-refractivity contribution is 0.341. The maximum atomic E-state index is 6.22. The third kappa shape index (κ3) is 2.28. The van der Waals surface area contributed by atoms with Gasteiger partial charge in [-0.1, -0.05) is 18.9 Å². The number of fused-ring (bicyclic) bond motifs is 1. The minimum absolute atomic E-state index is 0.00351. The van der Waals surface area contributed by atoms with E-state index in [1.54, 1.807) is 7.11 Å². The minimum Gasteiger partial charge on any atom is -0.496 e. The lowest BCUT2D eigenvalue weighted by Gasteiger charge is -2.35. The first-order chi connectivity index (χ1) is 9.72. The van der Waals surface area contributed by atoms with Crippen LogP contribution in [0.4, 0.5) is 5.69 Å². The number of rotatable bonds is 3. The summed E-state index contributed by atoms with van der Waals surface area (Å²) in [5.74, 6) is 1.81. The van der Waals surface area contributed by atoms with Crippen LogP contribution < -0.4 is 15.4 Å². The molecule has 2 N–H and O–H groups in total. The van der Waals surface area contributed by atoms with Gasteiger partial charge in [0, 0.05) is 29.9 Å². The molecule has 0 bridgehead atoms. The standard InChI is InChI=1S/C17H26N2O/c1-12(18)17-15(8-5-9-16(17)20-2)19-11-10-13-6-3-4-7-14(13)19/h5,8-9,12-14H,3-4,6-7,10-11,18H2,1-2H3/t12-,13?,14?/m1/s1. The first-order valence-corrected chi connectivity index (χ1v) is 7.91. The van der Waals surface area contributed by atoms with E-state index >= 15 is 0 Å². The molecule has 2 aliphatic rings. The van der Waals surface area contributed by atoms with E-state index in [2.05, 4.69) is 24.0 Å². The molecule has 3 nitrogen and oxygen atoms in total. The van der Waals surface area contributed by atoms with Gasteiger partial charge >= 0.3 is 0 Å². The van der Waals surface area contributed by atoms with Crippen molar-refractivity contribution in [2.45, 2.75) is 51.1 Å². The molecule has 1 heterocycles. The van der Waals surface area contributed by atoms with Crippen LogP contribution in [0.1, 0.15) is 50.6 Å². The van der Waals surface area contributed by atoms with E-state index in [9.17, 15) is 0 Å². The quantitative estimate of drug-likeness (QED) is 0.917. The number of hydrogen-bond donors (Lipinski definition) is 1. The Kier molecular flexibility index (Phi) is 3.88. The zero-order chi connectivity index (χ0) is 14.1. The van der Waals surface area contributed by atoms with Gasteiger partial charge in [0.1, 0.15) is 5.75 Å². The van der Waals surface area contributed by atoms with E-state index in [0.717, 1.165) is 11.7 Å². The molecule has 110 valence electrons. The van der Waals surface area contributed by atoms with Crippen molar-refractivity contribution in [3.05, 3.63) is 23.8 Å². The van der Waals surface area contributed by atoms with Crippen molar-refractivity contribution < 1.29 is 4.74 Å². The molecular weight excluding hydrogens is 248 g/mol. The van der Waals surface area contributed by atoms with Crippen molar-refractivity contribution in [1.82, 2.24) is 0 Å². The van der Waals surface area contributed by atoms with Crippen molar-refractivity contribution in [3.8, 4) is 5.75 Å². The second-order valence-electron chi connectivity index (χ2n) is 6.28. The van der Waals surface area contributed by atoms with Crippen LogP contribution in [0.2, 0.25) is 0 Å². The summed E-state index contributed by atoms with van der Waals surface area (Å²) in [6, 6.07) is 7.06. The zero-order valence-electron chi connectivity index (χ0n) is 12.6. The molecule has 1 aliphatic carbocycles. The van der Waals surface area contributed by atoms with Crippen molar-refractivity contribution in [3.63, 3.8) is 0 Å². The second-order valence-corrected chi connectivity index (χ2v) is 6.28. The number of anilines is 1. The highest BCUT2D eigenvalue weighted by Gasteiger charge is 2.37. The van der Waals surface area contributed by atoms with Crippen LogP contribution >= 0.6 is 0 Å². The van der Waals surface area contributed by atoms with E-state index in [1.807, 2.05) is 6.07 Å². The lowest BCUT2D eigenvalue weighted by Crippen LogP contribution is -2.35. The monoisotopic (exact) mass is 274 g/mol. The molecule has 2 fully saturated rings. The molecule has 1 aliphatic heterocycles. The number of ether oxygens (including phenoxy) is 1. The molecule has 1 aromatic carbocycles. The summed E-state index contributed by atoms with van der Waals surface area (Å²) in [5, 5.41) is 0. The number of nitrogens with two attached hydrogens (primary N) is 1. The first-order valence-electron chi connectivity index (χ1n) is 7.91. The van der Waals surface area contributed by atoms with Gasteiger partial charge in [-0.3, -0.25) is 0 Å². The highest BCUT2D eigenvalue weighted by molar-refractivity contribution is 5.62. The predicted octanol–water partition coefficient (Wildman–Crippen LogP) is 3.48.